The molecule has 0 saturated carbocycles. The summed E-state index contributed by atoms with van der Waals surface area (Å²) in [4.78, 5) is 15.4. The first kappa shape index (κ1) is 15.5. The van der Waals surface area contributed by atoms with Crippen molar-refractivity contribution in [2.24, 2.45) is 5.92 Å². The molecule has 0 aliphatic carbocycles. The highest BCUT2D eigenvalue weighted by atomic mass is 35.5. The van der Waals surface area contributed by atoms with Crippen LogP contribution in [-0.2, 0) is 11.3 Å². The molecule has 0 bridgehead atoms. The number of nitrogens with zero attached hydrogens (tertiary/aromatic N) is 1. The minimum Gasteiger partial charge on any atom is -0.340 e. The summed E-state index contributed by atoms with van der Waals surface area (Å²) in [5, 5.41) is 5.38. The number of carbonyl (C=O) groups excluding carboxylic acids is 1. The average molecular weight is 289 g/mol. The molecule has 1 fully saturated rings. The molecule has 1 unspecified atom stereocenters. The van der Waals surface area contributed by atoms with Crippen LogP contribution in [0.15, 0.2) is 11.4 Å². The molecule has 0 radical (unpaired) electrons. The number of hydrogen-bond donors (Lipinski definition) is 1. The molecule has 0 aromatic carbocycles. The Morgan fingerprint density at radius 3 is 2.94 bits per heavy atom. The SMILES string of the molecule is Cc1ccsc1CN(C)C(=O)C1CCCNC1.Cl. The number of thiophene rings is 1. The van der Waals surface area contributed by atoms with Crippen LogP contribution < -0.4 is 5.32 Å². The van der Waals surface area contributed by atoms with Gasteiger partial charge in [0.2, 0.25) is 5.91 Å². The Kier molecular flexibility index (Phi) is 6.12. The molecule has 102 valence electrons. The van der Waals surface area contributed by atoms with E-state index in [1.165, 1.54) is 10.4 Å². The topological polar surface area (TPSA) is 32.3 Å². The van der Waals surface area contributed by atoms with Crippen LogP contribution in [0.4, 0.5) is 0 Å². The maximum absolute atomic E-state index is 12.2. The number of halogens is 1. The van der Waals surface area contributed by atoms with E-state index in [4.69, 9.17) is 0 Å². The van der Waals surface area contributed by atoms with E-state index in [2.05, 4.69) is 23.7 Å². The van der Waals surface area contributed by atoms with E-state index >= 15 is 0 Å². The summed E-state index contributed by atoms with van der Waals surface area (Å²) >= 11 is 1.73. The minimum absolute atomic E-state index is 0. The zero-order valence-corrected chi connectivity index (χ0v) is 12.6. The predicted molar refractivity (Wildman–Crippen MR) is 78.4 cm³/mol. The fourth-order valence-electron chi connectivity index (χ4n) is 2.23. The third-order valence-corrected chi connectivity index (χ3v) is 4.38. The molecule has 1 saturated heterocycles. The number of aryl methyl sites for hydroxylation is 1. The zero-order chi connectivity index (χ0) is 12.3. The van der Waals surface area contributed by atoms with E-state index in [0.29, 0.717) is 0 Å². The fourth-order valence-corrected chi connectivity index (χ4v) is 3.19. The van der Waals surface area contributed by atoms with Crippen molar-refractivity contribution in [2.75, 3.05) is 20.1 Å². The van der Waals surface area contributed by atoms with Crippen molar-refractivity contribution in [3.8, 4) is 0 Å². The summed E-state index contributed by atoms with van der Waals surface area (Å²) in [5.74, 6) is 0.457. The first-order chi connectivity index (χ1) is 8.18. The lowest BCUT2D eigenvalue weighted by Crippen LogP contribution is -2.41. The number of rotatable bonds is 3. The van der Waals surface area contributed by atoms with Crippen LogP contribution in [0.25, 0.3) is 0 Å². The molecule has 1 amide bonds. The van der Waals surface area contributed by atoms with Crippen molar-refractivity contribution in [3.05, 3.63) is 21.9 Å². The van der Waals surface area contributed by atoms with Gasteiger partial charge in [0.15, 0.2) is 0 Å². The van der Waals surface area contributed by atoms with E-state index in [1.807, 2.05) is 11.9 Å². The van der Waals surface area contributed by atoms with E-state index in [-0.39, 0.29) is 24.2 Å². The molecular weight excluding hydrogens is 268 g/mol. The van der Waals surface area contributed by atoms with Crippen LogP contribution in [0.3, 0.4) is 0 Å². The first-order valence-corrected chi connectivity index (χ1v) is 7.05. The van der Waals surface area contributed by atoms with Crippen LogP contribution in [0.2, 0.25) is 0 Å². The highest BCUT2D eigenvalue weighted by molar-refractivity contribution is 7.10. The molecule has 1 aromatic rings. The van der Waals surface area contributed by atoms with Gasteiger partial charge in [-0.25, -0.2) is 0 Å². The van der Waals surface area contributed by atoms with Crippen molar-refractivity contribution in [1.29, 1.82) is 0 Å². The van der Waals surface area contributed by atoms with Gasteiger partial charge in [0.25, 0.3) is 0 Å². The lowest BCUT2D eigenvalue weighted by molar-refractivity contribution is -0.135. The molecule has 1 aromatic heterocycles. The second-order valence-electron chi connectivity index (χ2n) is 4.76. The Bertz CT molecular complexity index is 388. The molecule has 1 N–H and O–H groups in total. The Labute approximate surface area is 119 Å². The maximum atomic E-state index is 12.2. The Hall–Kier alpha value is -0.580. The molecule has 5 heteroatoms. The van der Waals surface area contributed by atoms with E-state index in [1.54, 1.807) is 11.3 Å². The largest absolute Gasteiger partial charge is 0.340 e. The monoisotopic (exact) mass is 288 g/mol. The van der Waals surface area contributed by atoms with E-state index in [9.17, 15) is 4.79 Å². The Morgan fingerprint density at radius 2 is 2.39 bits per heavy atom. The van der Waals surface area contributed by atoms with Crippen LogP contribution in [0, 0.1) is 12.8 Å². The second kappa shape index (κ2) is 7.12. The Morgan fingerprint density at radius 1 is 1.61 bits per heavy atom. The third-order valence-electron chi connectivity index (χ3n) is 3.37. The predicted octanol–water partition coefficient (Wildman–Crippen LogP) is 2.44. The average Bonchev–Trinajstić information content (AvgIpc) is 2.75. The number of piperidine rings is 1. The zero-order valence-electron chi connectivity index (χ0n) is 10.9. The summed E-state index contributed by atoms with van der Waals surface area (Å²) in [7, 11) is 1.91. The highest BCUT2D eigenvalue weighted by Gasteiger charge is 2.24. The summed E-state index contributed by atoms with van der Waals surface area (Å²) in [6.45, 7) is 4.75. The molecule has 1 aliphatic rings. The van der Waals surface area contributed by atoms with Crippen molar-refractivity contribution in [1.82, 2.24) is 10.2 Å². The van der Waals surface area contributed by atoms with Gasteiger partial charge in [-0.2, -0.15) is 0 Å². The van der Waals surface area contributed by atoms with Crippen molar-refractivity contribution in [2.45, 2.75) is 26.3 Å². The van der Waals surface area contributed by atoms with Crippen molar-refractivity contribution >= 4 is 29.7 Å². The van der Waals surface area contributed by atoms with Crippen molar-refractivity contribution in [3.63, 3.8) is 0 Å². The third kappa shape index (κ3) is 3.70. The number of amides is 1. The highest BCUT2D eigenvalue weighted by Crippen LogP contribution is 2.19. The summed E-state index contributed by atoms with van der Waals surface area (Å²) in [6.07, 6.45) is 2.14. The standard InChI is InChI=1S/C13H20N2OS.ClH/c1-10-5-7-17-12(10)9-15(2)13(16)11-4-3-6-14-8-11;/h5,7,11,14H,3-4,6,8-9H2,1-2H3;1H. The summed E-state index contributed by atoms with van der Waals surface area (Å²) in [5.41, 5.74) is 1.29. The van der Waals surface area contributed by atoms with E-state index < -0.39 is 0 Å². The van der Waals surface area contributed by atoms with Gasteiger partial charge in [-0.1, -0.05) is 0 Å². The normalized spacial score (nSPS) is 19.1. The van der Waals surface area contributed by atoms with Gasteiger partial charge in [0, 0.05) is 18.5 Å². The molecule has 3 nitrogen and oxygen atoms in total. The van der Waals surface area contributed by atoms with Crippen LogP contribution in [0.5, 0.6) is 0 Å². The van der Waals surface area contributed by atoms with Gasteiger partial charge in [0.05, 0.1) is 12.5 Å². The van der Waals surface area contributed by atoms with Crippen molar-refractivity contribution < 1.29 is 4.79 Å². The van der Waals surface area contributed by atoms with Gasteiger partial charge in [-0.15, -0.1) is 23.7 Å². The molecule has 1 atom stereocenters. The van der Waals surface area contributed by atoms with Gasteiger partial charge in [0.1, 0.15) is 0 Å². The number of carbonyl (C=O) groups is 1. The molecule has 18 heavy (non-hydrogen) atoms. The maximum Gasteiger partial charge on any atom is 0.227 e. The van der Waals surface area contributed by atoms with Gasteiger partial charge in [-0.05, 0) is 43.3 Å². The quantitative estimate of drug-likeness (QED) is 0.926. The Balaban J connectivity index is 0.00000162. The number of hydrogen-bond acceptors (Lipinski definition) is 3. The molecular formula is C13H21ClN2OS. The molecule has 2 heterocycles. The van der Waals surface area contributed by atoms with Gasteiger partial charge in [-0.3, -0.25) is 4.79 Å². The summed E-state index contributed by atoms with van der Waals surface area (Å²) in [6, 6.07) is 2.11. The van der Waals surface area contributed by atoms with Crippen LogP contribution >= 0.6 is 23.7 Å². The van der Waals surface area contributed by atoms with Gasteiger partial charge >= 0.3 is 0 Å². The minimum atomic E-state index is 0. The second-order valence-corrected chi connectivity index (χ2v) is 5.77. The van der Waals surface area contributed by atoms with Crippen LogP contribution in [0.1, 0.15) is 23.3 Å². The lowest BCUT2D eigenvalue weighted by atomic mass is 9.98. The van der Waals surface area contributed by atoms with Crippen LogP contribution in [-0.4, -0.2) is 30.9 Å². The molecule has 1 aliphatic heterocycles. The molecule has 2 rings (SSSR count). The van der Waals surface area contributed by atoms with E-state index in [0.717, 1.165) is 32.5 Å². The smallest absolute Gasteiger partial charge is 0.227 e. The summed E-state index contributed by atoms with van der Waals surface area (Å²) < 4.78 is 0. The number of nitrogens with one attached hydrogen (secondary N) is 1. The first-order valence-electron chi connectivity index (χ1n) is 6.17. The lowest BCUT2D eigenvalue weighted by Gasteiger charge is -2.26. The fraction of sp³-hybridized carbons (Fsp3) is 0.615. The van der Waals surface area contributed by atoms with Gasteiger partial charge < -0.3 is 10.2 Å². The molecule has 0 spiro atoms.